The van der Waals surface area contributed by atoms with Gasteiger partial charge in [-0.3, -0.25) is 0 Å². The molecule has 0 saturated carbocycles. The topological polar surface area (TPSA) is 27.7 Å². The van der Waals surface area contributed by atoms with Crippen LogP contribution >= 0.6 is 11.6 Å². The standard InChI is InChI=1S/C27H57ClO3Si/c1-6-8-10-12-14-16-18-20-22-26(23-21-19-17-15-13-11-9-7-2)27(24-25-28)32(29-3,30-4)31-5/h26-27H,6-25H2,1-5H3. The van der Waals surface area contributed by atoms with Gasteiger partial charge in [0.25, 0.3) is 0 Å². The van der Waals surface area contributed by atoms with Gasteiger partial charge in [0.2, 0.25) is 0 Å². The minimum Gasteiger partial charge on any atom is -0.377 e. The highest BCUT2D eigenvalue weighted by atomic mass is 35.5. The molecule has 0 aliphatic heterocycles. The van der Waals surface area contributed by atoms with Crippen molar-refractivity contribution in [2.24, 2.45) is 5.92 Å². The van der Waals surface area contributed by atoms with Crippen molar-refractivity contribution in [3.63, 3.8) is 0 Å². The maximum absolute atomic E-state index is 6.26. The summed E-state index contributed by atoms with van der Waals surface area (Å²) in [5.41, 5.74) is 0.300. The molecule has 5 heteroatoms. The maximum atomic E-state index is 6.26. The minimum atomic E-state index is -2.70. The summed E-state index contributed by atoms with van der Waals surface area (Å²) in [4.78, 5) is 0. The first-order chi connectivity index (χ1) is 15.7. The first-order valence-corrected chi connectivity index (χ1v) is 16.2. The van der Waals surface area contributed by atoms with E-state index in [1.165, 1.54) is 116 Å². The predicted molar refractivity (Wildman–Crippen MR) is 144 cm³/mol. The summed E-state index contributed by atoms with van der Waals surface area (Å²) in [6.07, 6.45) is 25.3. The average molecular weight is 493 g/mol. The van der Waals surface area contributed by atoms with Crippen molar-refractivity contribution in [1.29, 1.82) is 0 Å². The van der Waals surface area contributed by atoms with Gasteiger partial charge in [0.05, 0.1) is 0 Å². The molecule has 0 amide bonds. The van der Waals surface area contributed by atoms with Crippen LogP contribution in [-0.4, -0.2) is 36.0 Å². The summed E-state index contributed by atoms with van der Waals surface area (Å²) in [5.74, 6) is 1.22. The molecule has 194 valence electrons. The first-order valence-electron chi connectivity index (χ1n) is 13.9. The van der Waals surface area contributed by atoms with Gasteiger partial charge in [0.1, 0.15) is 0 Å². The molecule has 3 nitrogen and oxygen atoms in total. The first kappa shape index (κ1) is 32.4. The molecule has 0 aromatic rings. The Hall–Kier alpha value is 0.387. The van der Waals surface area contributed by atoms with E-state index in [1.807, 2.05) is 0 Å². The zero-order chi connectivity index (χ0) is 23.9. The lowest BCUT2D eigenvalue weighted by Crippen LogP contribution is -2.50. The van der Waals surface area contributed by atoms with Crippen molar-refractivity contribution < 1.29 is 13.3 Å². The summed E-state index contributed by atoms with van der Waals surface area (Å²) < 4.78 is 17.8. The van der Waals surface area contributed by atoms with Crippen LogP contribution in [0.2, 0.25) is 5.54 Å². The Labute approximate surface area is 208 Å². The molecule has 0 aliphatic rings. The highest BCUT2D eigenvalue weighted by Gasteiger charge is 2.49. The van der Waals surface area contributed by atoms with Crippen LogP contribution in [0.3, 0.4) is 0 Å². The van der Waals surface area contributed by atoms with Crippen molar-refractivity contribution in [3.05, 3.63) is 0 Å². The zero-order valence-electron chi connectivity index (χ0n) is 22.4. The Kier molecular flexibility index (Phi) is 23.4. The summed E-state index contributed by atoms with van der Waals surface area (Å²) in [5, 5.41) is 0. The van der Waals surface area contributed by atoms with E-state index in [1.54, 1.807) is 21.3 Å². The molecule has 0 spiro atoms. The van der Waals surface area contributed by atoms with E-state index < -0.39 is 8.80 Å². The Bertz CT molecular complexity index is 352. The van der Waals surface area contributed by atoms with E-state index >= 15 is 0 Å². The lowest BCUT2D eigenvalue weighted by atomic mass is 9.90. The van der Waals surface area contributed by atoms with E-state index in [9.17, 15) is 0 Å². The molecule has 0 radical (unpaired) electrons. The third-order valence-electron chi connectivity index (χ3n) is 7.15. The number of halogens is 1. The highest BCUT2D eigenvalue weighted by molar-refractivity contribution is 6.62. The Morgan fingerprint density at radius 2 is 0.875 bits per heavy atom. The summed E-state index contributed by atoms with van der Waals surface area (Å²) >= 11 is 6.26. The number of hydrogen-bond donors (Lipinski definition) is 0. The second-order valence-electron chi connectivity index (χ2n) is 9.59. The molecular weight excluding hydrogens is 436 g/mol. The molecule has 0 fully saturated rings. The SMILES string of the molecule is CCCCCCCCCCC(CCCCCCCCCC)C(CCCl)[Si](OC)(OC)OC. The van der Waals surface area contributed by atoms with Crippen LogP contribution < -0.4 is 0 Å². The molecule has 0 aromatic carbocycles. The van der Waals surface area contributed by atoms with Crippen LogP contribution in [0.5, 0.6) is 0 Å². The average Bonchev–Trinajstić information content (AvgIpc) is 2.82. The largest absolute Gasteiger partial charge is 0.503 e. The van der Waals surface area contributed by atoms with Crippen LogP contribution in [0, 0.1) is 5.92 Å². The molecule has 0 bridgehead atoms. The quantitative estimate of drug-likeness (QED) is 0.0720. The normalized spacial score (nSPS) is 13.2. The smallest absolute Gasteiger partial charge is 0.377 e. The van der Waals surface area contributed by atoms with E-state index in [4.69, 9.17) is 24.9 Å². The fourth-order valence-corrected chi connectivity index (χ4v) is 8.39. The van der Waals surface area contributed by atoms with Gasteiger partial charge in [-0.05, 0) is 12.3 Å². The van der Waals surface area contributed by atoms with E-state index in [0.717, 1.165) is 6.42 Å². The summed E-state index contributed by atoms with van der Waals surface area (Å²) in [7, 11) is 2.57. The monoisotopic (exact) mass is 492 g/mol. The van der Waals surface area contributed by atoms with Gasteiger partial charge in [-0.1, -0.05) is 129 Å². The molecule has 32 heavy (non-hydrogen) atoms. The Morgan fingerprint density at radius 3 is 1.19 bits per heavy atom. The number of alkyl halides is 1. The molecule has 0 rings (SSSR count). The van der Waals surface area contributed by atoms with Gasteiger partial charge >= 0.3 is 8.80 Å². The lowest BCUT2D eigenvalue weighted by molar-refractivity contribution is 0.0970. The van der Waals surface area contributed by atoms with Gasteiger partial charge < -0.3 is 13.3 Å². The number of hydrogen-bond acceptors (Lipinski definition) is 3. The lowest BCUT2D eigenvalue weighted by Gasteiger charge is -2.37. The molecule has 0 N–H and O–H groups in total. The second-order valence-corrected chi connectivity index (χ2v) is 13.1. The van der Waals surface area contributed by atoms with E-state index in [-0.39, 0.29) is 0 Å². The van der Waals surface area contributed by atoms with Crippen LogP contribution in [0.15, 0.2) is 0 Å². The van der Waals surface area contributed by atoms with Gasteiger partial charge in [-0.2, -0.15) is 0 Å². The predicted octanol–water partition coefficient (Wildman–Crippen LogP) is 9.54. The van der Waals surface area contributed by atoms with Crippen molar-refractivity contribution >= 4 is 20.4 Å². The number of rotatable bonds is 25. The molecule has 0 heterocycles. The van der Waals surface area contributed by atoms with Gasteiger partial charge in [-0.25, -0.2) is 0 Å². The third kappa shape index (κ3) is 14.6. The zero-order valence-corrected chi connectivity index (χ0v) is 24.2. The molecular formula is C27H57ClO3Si. The molecule has 0 aromatic heterocycles. The maximum Gasteiger partial charge on any atom is 0.503 e. The van der Waals surface area contributed by atoms with Crippen molar-refractivity contribution in [1.82, 2.24) is 0 Å². The summed E-state index contributed by atoms with van der Waals surface area (Å²) in [6, 6.07) is 0. The Morgan fingerprint density at radius 1 is 0.531 bits per heavy atom. The minimum absolute atomic E-state index is 0.300. The van der Waals surface area contributed by atoms with E-state index in [0.29, 0.717) is 17.3 Å². The van der Waals surface area contributed by atoms with Gasteiger partial charge in [0, 0.05) is 32.8 Å². The fourth-order valence-electron chi connectivity index (χ4n) is 5.15. The number of unbranched alkanes of at least 4 members (excludes halogenated alkanes) is 14. The van der Waals surface area contributed by atoms with E-state index in [2.05, 4.69) is 13.8 Å². The van der Waals surface area contributed by atoms with Crippen molar-refractivity contribution in [2.75, 3.05) is 27.2 Å². The van der Waals surface area contributed by atoms with Crippen LogP contribution in [0.1, 0.15) is 136 Å². The Balaban J connectivity index is 4.70. The summed E-state index contributed by atoms with van der Waals surface area (Å²) in [6.45, 7) is 4.57. The van der Waals surface area contributed by atoms with Crippen molar-refractivity contribution in [2.45, 2.75) is 141 Å². The van der Waals surface area contributed by atoms with Crippen LogP contribution in [0.25, 0.3) is 0 Å². The van der Waals surface area contributed by atoms with Crippen molar-refractivity contribution in [3.8, 4) is 0 Å². The molecule has 1 atom stereocenters. The fraction of sp³-hybridized carbons (Fsp3) is 1.00. The van der Waals surface area contributed by atoms with Gasteiger partial charge in [-0.15, -0.1) is 11.6 Å². The molecule has 0 saturated heterocycles. The van der Waals surface area contributed by atoms with Crippen LogP contribution in [-0.2, 0) is 13.3 Å². The molecule has 1 unspecified atom stereocenters. The second kappa shape index (κ2) is 23.1. The third-order valence-corrected chi connectivity index (χ3v) is 10.7. The van der Waals surface area contributed by atoms with Crippen LogP contribution in [0.4, 0.5) is 0 Å². The van der Waals surface area contributed by atoms with Gasteiger partial charge in [0.15, 0.2) is 0 Å². The highest BCUT2D eigenvalue weighted by Crippen LogP contribution is 2.40. The molecule has 0 aliphatic carbocycles.